The maximum Gasteiger partial charge on any atom is 0.125 e. The molecule has 1 atom stereocenters. The molecular weight excluding hydrogens is 238 g/mol. The van der Waals surface area contributed by atoms with E-state index in [2.05, 4.69) is 10.4 Å². The molecule has 0 aliphatic carbocycles. The van der Waals surface area contributed by atoms with E-state index in [1.807, 2.05) is 19.1 Å². The highest BCUT2D eigenvalue weighted by atomic mass is 35.5. The predicted molar refractivity (Wildman–Crippen MR) is 66.5 cm³/mol. The zero-order valence-electron chi connectivity index (χ0n) is 9.48. The fraction of sp³-hybridized carbons (Fsp3) is 0.250. The van der Waals surface area contributed by atoms with Crippen LogP contribution in [0.1, 0.15) is 22.9 Å². The second-order valence-corrected chi connectivity index (χ2v) is 4.27. The Labute approximate surface area is 105 Å². The summed E-state index contributed by atoms with van der Waals surface area (Å²) in [5.41, 5.74) is 4.80. The Bertz CT molecular complexity index is 498. The van der Waals surface area contributed by atoms with Gasteiger partial charge in [-0.2, -0.15) is 0 Å². The zero-order valence-corrected chi connectivity index (χ0v) is 10.2. The number of pyridine rings is 1. The first-order valence-corrected chi connectivity index (χ1v) is 5.68. The van der Waals surface area contributed by atoms with Crippen LogP contribution in [0.3, 0.4) is 0 Å². The lowest BCUT2D eigenvalue weighted by molar-refractivity contribution is 0.413. The number of halogens is 1. The maximum atomic E-state index is 6.06. The lowest BCUT2D eigenvalue weighted by atomic mass is 10.0. The number of nitrogens with two attached hydrogens (primary N) is 1. The second-order valence-electron chi connectivity index (χ2n) is 3.86. The Kier molecular flexibility index (Phi) is 3.78. The molecule has 0 amide bonds. The minimum absolute atomic E-state index is 0.0927. The third kappa shape index (κ3) is 2.66. The minimum Gasteiger partial charge on any atom is -0.467 e. The van der Waals surface area contributed by atoms with Crippen LogP contribution in [-0.4, -0.2) is 4.98 Å². The number of hydrogen-bond acceptors (Lipinski definition) is 4. The van der Waals surface area contributed by atoms with Crippen LogP contribution in [0.25, 0.3) is 0 Å². The maximum absolute atomic E-state index is 6.06. The number of rotatable bonds is 4. The number of hydrogen-bond donors (Lipinski definition) is 2. The van der Waals surface area contributed by atoms with E-state index < -0.39 is 0 Å². The predicted octanol–water partition coefficient (Wildman–Crippen LogP) is 2.38. The van der Waals surface area contributed by atoms with Gasteiger partial charge in [0, 0.05) is 12.4 Å². The lowest BCUT2D eigenvalue weighted by Crippen LogP contribution is -2.29. The SMILES string of the molecule is Cc1ccoc1C(Cc1ccncc1Cl)NN. The summed E-state index contributed by atoms with van der Waals surface area (Å²) < 4.78 is 5.43. The van der Waals surface area contributed by atoms with Crippen molar-refractivity contribution in [2.75, 3.05) is 0 Å². The molecule has 0 aromatic carbocycles. The topological polar surface area (TPSA) is 64.1 Å². The van der Waals surface area contributed by atoms with Gasteiger partial charge in [-0.1, -0.05) is 11.6 Å². The standard InChI is InChI=1S/C12H14ClN3O/c1-8-3-5-17-12(8)11(16-14)6-9-2-4-15-7-10(9)13/h2-5,7,11,16H,6,14H2,1H3. The van der Waals surface area contributed by atoms with Gasteiger partial charge >= 0.3 is 0 Å². The van der Waals surface area contributed by atoms with E-state index in [4.69, 9.17) is 21.9 Å². The Balaban J connectivity index is 2.22. The Morgan fingerprint density at radius 2 is 2.35 bits per heavy atom. The van der Waals surface area contributed by atoms with Gasteiger partial charge in [0.1, 0.15) is 5.76 Å². The first kappa shape index (κ1) is 12.1. The van der Waals surface area contributed by atoms with Crippen molar-refractivity contribution in [1.29, 1.82) is 0 Å². The van der Waals surface area contributed by atoms with E-state index in [1.165, 1.54) is 0 Å². The van der Waals surface area contributed by atoms with Crippen molar-refractivity contribution >= 4 is 11.6 Å². The van der Waals surface area contributed by atoms with E-state index >= 15 is 0 Å². The quantitative estimate of drug-likeness (QED) is 0.647. The van der Waals surface area contributed by atoms with Crippen LogP contribution in [0.5, 0.6) is 0 Å². The Morgan fingerprint density at radius 1 is 1.53 bits per heavy atom. The molecule has 2 heterocycles. The molecule has 17 heavy (non-hydrogen) atoms. The second kappa shape index (κ2) is 5.31. The third-order valence-corrected chi connectivity index (χ3v) is 3.04. The summed E-state index contributed by atoms with van der Waals surface area (Å²) in [6, 6.07) is 3.70. The van der Waals surface area contributed by atoms with Crippen LogP contribution < -0.4 is 11.3 Å². The van der Waals surface area contributed by atoms with Gasteiger partial charge in [0.15, 0.2) is 0 Å². The van der Waals surface area contributed by atoms with Gasteiger partial charge in [0.05, 0.1) is 17.3 Å². The molecule has 0 spiro atoms. The van der Waals surface area contributed by atoms with Gasteiger partial charge < -0.3 is 4.42 Å². The van der Waals surface area contributed by atoms with Crippen molar-refractivity contribution in [2.45, 2.75) is 19.4 Å². The monoisotopic (exact) mass is 251 g/mol. The highest BCUT2D eigenvalue weighted by Crippen LogP contribution is 2.24. The summed E-state index contributed by atoms with van der Waals surface area (Å²) >= 11 is 6.06. The number of aryl methyl sites for hydroxylation is 1. The molecule has 0 radical (unpaired) electrons. The Hall–Kier alpha value is -1.36. The van der Waals surface area contributed by atoms with Gasteiger partial charge in [-0.3, -0.25) is 10.8 Å². The summed E-state index contributed by atoms with van der Waals surface area (Å²) in [4.78, 5) is 3.95. The molecule has 2 rings (SSSR count). The summed E-state index contributed by atoms with van der Waals surface area (Å²) in [5.74, 6) is 6.40. The number of furan rings is 1. The normalized spacial score (nSPS) is 12.6. The fourth-order valence-electron chi connectivity index (χ4n) is 1.76. The van der Waals surface area contributed by atoms with Gasteiger partial charge in [-0.05, 0) is 36.6 Å². The molecule has 0 fully saturated rings. The van der Waals surface area contributed by atoms with Gasteiger partial charge in [-0.25, -0.2) is 5.43 Å². The van der Waals surface area contributed by atoms with Crippen LogP contribution in [0.2, 0.25) is 5.02 Å². The molecule has 0 saturated heterocycles. The van der Waals surface area contributed by atoms with Crippen LogP contribution >= 0.6 is 11.6 Å². The van der Waals surface area contributed by atoms with E-state index in [0.29, 0.717) is 11.4 Å². The summed E-state index contributed by atoms with van der Waals surface area (Å²) in [7, 11) is 0. The number of hydrazine groups is 1. The zero-order chi connectivity index (χ0) is 12.3. The van der Waals surface area contributed by atoms with Crippen molar-refractivity contribution in [3.8, 4) is 0 Å². The fourth-order valence-corrected chi connectivity index (χ4v) is 1.95. The molecule has 0 aliphatic rings. The Morgan fingerprint density at radius 3 is 2.94 bits per heavy atom. The summed E-state index contributed by atoms with van der Waals surface area (Å²) in [6.45, 7) is 1.98. The molecule has 2 aromatic heterocycles. The molecule has 1 unspecified atom stereocenters. The van der Waals surface area contributed by atoms with Crippen LogP contribution in [-0.2, 0) is 6.42 Å². The molecule has 0 saturated carbocycles. The third-order valence-electron chi connectivity index (χ3n) is 2.70. The number of nitrogens with one attached hydrogen (secondary N) is 1. The number of aromatic nitrogens is 1. The van der Waals surface area contributed by atoms with Crippen molar-refractivity contribution < 1.29 is 4.42 Å². The molecule has 5 heteroatoms. The van der Waals surface area contributed by atoms with Crippen molar-refractivity contribution in [3.05, 3.63) is 52.7 Å². The minimum atomic E-state index is -0.0927. The highest BCUT2D eigenvalue weighted by Gasteiger charge is 2.17. The van der Waals surface area contributed by atoms with Gasteiger partial charge in [0.25, 0.3) is 0 Å². The first-order valence-electron chi connectivity index (χ1n) is 5.31. The highest BCUT2D eigenvalue weighted by molar-refractivity contribution is 6.31. The van der Waals surface area contributed by atoms with E-state index in [1.54, 1.807) is 18.7 Å². The summed E-state index contributed by atoms with van der Waals surface area (Å²) in [5, 5.41) is 0.636. The van der Waals surface area contributed by atoms with Crippen LogP contribution in [0.15, 0.2) is 35.2 Å². The van der Waals surface area contributed by atoms with Gasteiger partial charge in [-0.15, -0.1) is 0 Å². The largest absolute Gasteiger partial charge is 0.467 e. The van der Waals surface area contributed by atoms with E-state index in [-0.39, 0.29) is 6.04 Å². The lowest BCUT2D eigenvalue weighted by Gasteiger charge is -2.15. The van der Waals surface area contributed by atoms with Crippen molar-refractivity contribution in [1.82, 2.24) is 10.4 Å². The van der Waals surface area contributed by atoms with E-state index in [9.17, 15) is 0 Å². The summed E-state index contributed by atoms with van der Waals surface area (Å²) in [6.07, 6.45) is 5.65. The van der Waals surface area contributed by atoms with Crippen LogP contribution in [0, 0.1) is 6.92 Å². The molecule has 4 nitrogen and oxygen atoms in total. The molecule has 0 bridgehead atoms. The molecular formula is C12H14ClN3O. The first-order chi connectivity index (χ1) is 8.22. The smallest absolute Gasteiger partial charge is 0.125 e. The molecule has 0 aliphatic heterocycles. The van der Waals surface area contributed by atoms with Crippen LogP contribution in [0.4, 0.5) is 0 Å². The number of nitrogens with zero attached hydrogens (tertiary/aromatic N) is 1. The molecule has 3 N–H and O–H groups in total. The average molecular weight is 252 g/mol. The van der Waals surface area contributed by atoms with Crippen molar-refractivity contribution in [2.24, 2.45) is 5.84 Å². The van der Waals surface area contributed by atoms with Crippen molar-refractivity contribution in [3.63, 3.8) is 0 Å². The van der Waals surface area contributed by atoms with Gasteiger partial charge in [0.2, 0.25) is 0 Å². The molecule has 90 valence electrons. The average Bonchev–Trinajstić information content (AvgIpc) is 2.75. The van der Waals surface area contributed by atoms with E-state index in [0.717, 1.165) is 16.9 Å². The molecule has 2 aromatic rings.